The standard InChI is InChI=1S/C21H23ClN4O2S2/c1-13(2)19(16-8-5-11-29-16)24-17(27)9-4-10-18-25-26-21(30-18)20(28)23-15-7-3-6-14(22)12-15/h3,5-8,11-13,19H,4,9-10H2,1-2H3,(H,23,28)(H,24,27). The summed E-state index contributed by atoms with van der Waals surface area (Å²) in [5, 5.41) is 17.5. The molecule has 1 atom stereocenters. The van der Waals surface area contributed by atoms with Crippen LogP contribution in [0.25, 0.3) is 0 Å². The molecule has 3 aromatic rings. The fraction of sp³-hybridized carbons (Fsp3) is 0.333. The van der Waals surface area contributed by atoms with Crippen molar-refractivity contribution in [3.05, 3.63) is 61.7 Å². The highest BCUT2D eigenvalue weighted by molar-refractivity contribution is 7.13. The zero-order chi connectivity index (χ0) is 21.5. The Hall–Kier alpha value is -2.29. The minimum Gasteiger partial charge on any atom is -0.348 e. The molecule has 6 nitrogen and oxygen atoms in total. The van der Waals surface area contributed by atoms with Crippen LogP contribution < -0.4 is 10.6 Å². The molecule has 2 heterocycles. The molecular formula is C21H23ClN4O2S2. The third-order valence-electron chi connectivity index (χ3n) is 4.37. The van der Waals surface area contributed by atoms with Crippen molar-refractivity contribution >= 4 is 51.8 Å². The van der Waals surface area contributed by atoms with Gasteiger partial charge < -0.3 is 10.6 Å². The summed E-state index contributed by atoms with van der Waals surface area (Å²) in [7, 11) is 0. The third-order valence-corrected chi connectivity index (χ3v) is 6.54. The predicted octanol–water partition coefficient (Wildman–Crippen LogP) is 5.34. The molecule has 0 aliphatic rings. The maximum absolute atomic E-state index is 12.4. The minimum atomic E-state index is -0.325. The molecule has 0 radical (unpaired) electrons. The maximum atomic E-state index is 12.4. The van der Waals surface area contributed by atoms with E-state index < -0.39 is 0 Å². The molecule has 9 heteroatoms. The van der Waals surface area contributed by atoms with Crippen LogP contribution in [0, 0.1) is 5.92 Å². The summed E-state index contributed by atoms with van der Waals surface area (Å²) in [6.45, 7) is 4.20. The number of aryl methyl sites for hydroxylation is 1. The maximum Gasteiger partial charge on any atom is 0.286 e. The zero-order valence-corrected chi connectivity index (χ0v) is 19.1. The number of amides is 2. The quantitative estimate of drug-likeness (QED) is 0.449. The topological polar surface area (TPSA) is 84.0 Å². The molecular weight excluding hydrogens is 440 g/mol. The van der Waals surface area contributed by atoms with Gasteiger partial charge in [-0.3, -0.25) is 9.59 Å². The smallest absolute Gasteiger partial charge is 0.286 e. The Kier molecular flexibility index (Phi) is 7.95. The SMILES string of the molecule is CC(C)C(NC(=O)CCCc1nnc(C(=O)Nc2cccc(Cl)c2)s1)c1cccs1. The average Bonchev–Trinajstić information content (AvgIpc) is 3.38. The number of thiophene rings is 1. The van der Waals surface area contributed by atoms with Gasteiger partial charge in [0.05, 0.1) is 6.04 Å². The molecule has 0 saturated carbocycles. The fourth-order valence-corrected chi connectivity index (χ4v) is 4.79. The van der Waals surface area contributed by atoms with Crippen molar-refractivity contribution in [3.63, 3.8) is 0 Å². The van der Waals surface area contributed by atoms with Gasteiger partial charge in [-0.2, -0.15) is 0 Å². The first kappa shape index (κ1) is 22.4. The van der Waals surface area contributed by atoms with E-state index in [1.807, 2.05) is 17.5 Å². The summed E-state index contributed by atoms with van der Waals surface area (Å²) < 4.78 is 0. The first-order valence-electron chi connectivity index (χ1n) is 9.64. The van der Waals surface area contributed by atoms with E-state index in [1.165, 1.54) is 11.3 Å². The van der Waals surface area contributed by atoms with Crippen molar-refractivity contribution < 1.29 is 9.59 Å². The largest absolute Gasteiger partial charge is 0.348 e. The highest BCUT2D eigenvalue weighted by atomic mass is 35.5. The Balaban J connectivity index is 1.47. The molecule has 0 aliphatic carbocycles. The first-order valence-corrected chi connectivity index (χ1v) is 11.7. The molecule has 2 aromatic heterocycles. The molecule has 0 saturated heterocycles. The van der Waals surface area contributed by atoms with Gasteiger partial charge in [0.1, 0.15) is 5.01 Å². The van der Waals surface area contributed by atoms with Gasteiger partial charge in [0, 0.05) is 28.4 Å². The number of hydrogen-bond acceptors (Lipinski definition) is 6. The summed E-state index contributed by atoms with van der Waals surface area (Å²) in [4.78, 5) is 25.8. The summed E-state index contributed by atoms with van der Waals surface area (Å²) in [5.74, 6) is 0.0105. The van der Waals surface area contributed by atoms with Crippen LogP contribution in [0.3, 0.4) is 0 Å². The van der Waals surface area contributed by atoms with Gasteiger partial charge in [-0.05, 0) is 42.0 Å². The Morgan fingerprint density at radius 1 is 1.17 bits per heavy atom. The lowest BCUT2D eigenvalue weighted by Gasteiger charge is -2.21. The molecule has 2 N–H and O–H groups in total. The molecule has 1 unspecified atom stereocenters. The van der Waals surface area contributed by atoms with Gasteiger partial charge in [-0.1, -0.05) is 48.9 Å². The van der Waals surface area contributed by atoms with Crippen molar-refractivity contribution in [1.82, 2.24) is 15.5 Å². The van der Waals surface area contributed by atoms with Gasteiger partial charge in [0.15, 0.2) is 0 Å². The van der Waals surface area contributed by atoms with Crippen LogP contribution in [0.15, 0.2) is 41.8 Å². The Bertz CT molecular complexity index is 989. The lowest BCUT2D eigenvalue weighted by molar-refractivity contribution is -0.122. The molecule has 0 aliphatic heterocycles. The molecule has 0 bridgehead atoms. The van der Waals surface area contributed by atoms with Crippen molar-refractivity contribution in [1.29, 1.82) is 0 Å². The third kappa shape index (κ3) is 6.35. The lowest BCUT2D eigenvalue weighted by Crippen LogP contribution is -2.31. The number of carbonyl (C=O) groups excluding carboxylic acids is 2. The van der Waals surface area contributed by atoms with Crippen LogP contribution in [0.1, 0.15) is 52.4 Å². The summed E-state index contributed by atoms with van der Waals surface area (Å²) in [5.41, 5.74) is 0.603. The highest BCUT2D eigenvalue weighted by Crippen LogP contribution is 2.26. The lowest BCUT2D eigenvalue weighted by atomic mass is 10.0. The number of carbonyl (C=O) groups is 2. The number of halogens is 1. The van der Waals surface area contributed by atoms with Gasteiger partial charge in [-0.15, -0.1) is 21.5 Å². The monoisotopic (exact) mass is 462 g/mol. The van der Waals surface area contributed by atoms with Crippen LogP contribution in [0.5, 0.6) is 0 Å². The molecule has 2 amide bonds. The Morgan fingerprint density at radius 2 is 2.00 bits per heavy atom. The van der Waals surface area contributed by atoms with Gasteiger partial charge in [-0.25, -0.2) is 0 Å². The molecule has 1 aromatic carbocycles. The van der Waals surface area contributed by atoms with E-state index in [4.69, 9.17) is 11.6 Å². The van der Waals surface area contributed by atoms with Crippen molar-refractivity contribution in [2.45, 2.75) is 39.2 Å². The first-order chi connectivity index (χ1) is 14.4. The number of rotatable bonds is 9. The molecule has 158 valence electrons. The van der Waals surface area contributed by atoms with E-state index in [2.05, 4.69) is 34.7 Å². The summed E-state index contributed by atoms with van der Waals surface area (Å²) in [6, 6.07) is 11.0. The number of nitrogens with zero attached hydrogens (tertiary/aromatic N) is 2. The predicted molar refractivity (Wildman–Crippen MR) is 122 cm³/mol. The second kappa shape index (κ2) is 10.7. The van der Waals surface area contributed by atoms with Crippen LogP contribution in [-0.4, -0.2) is 22.0 Å². The Morgan fingerprint density at radius 3 is 2.70 bits per heavy atom. The highest BCUT2D eigenvalue weighted by Gasteiger charge is 2.19. The number of hydrogen-bond donors (Lipinski definition) is 2. The summed E-state index contributed by atoms with van der Waals surface area (Å²) >= 11 is 8.82. The molecule has 0 fully saturated rings. The Labute approximate surface area is 188 Å². The van der Waals surface area contributed by atoms with Crippen LogP contribution in [-0.2, 0) is 11.2 Å². The zero-order valence-electron chi connectivity index (χ0n) is 16.7. The molecule has 0 spiro atoms. The number of anilines is 1. The van der Waals surface area contributed by atoms with E-state index in [0.29, 0.717) is 35.9 Å². The van der Waals surface area contributed by atoms with Crippen LogP contribution in [0.2, 0.25) is 5.02 Å². The number of nitrogens with one attached hydrogen (secondary N) is 2. The normalized spacial score (nSPS) is 12.0. The van der Waals surface area contributed by atoms with E-state index in [0.717, 1.165) is 9.88 Å². The van der Waals surface area contributed by atoms with Crippen LogP contribution >= 0.6 is 34.3 Å². The van der Waals surface area contributed by atoms with Crippen molar-refractivity contribution in [2.24, 2.45) is 5.92 Å². The van der Waals surface area contributed by atoms with E-state index in [-0.39, 0.29) is 22.9 Å². The van der Waals surface area contributed by atoms with Gasteiger partial charge in [0.2, 0.25) is 10.9 Å². The molecule has 3 rings (SSSR count). The van der Waals surface area contributed by atoms with Gasteiger partial charge >= 0.3 is 0 Å². The van der Waals surface area contributed by atoms with E-state index >= 15 is 0 Å². The van der Waals surface area contributed by atoms with E-state index in [1.54, 1.807) is 35.6 Å². The number of benzene rings is 1. The van der Waals surface area contributed by atoms with Gasteiger partial charge in [0.25, 0.3) is 5.91 Å². The average molecular weight is 463 g/mol. The number of aromatic nitrogens is 2. The van der Waals surface area contributed by atoms with Crippen molar-refractivity contribution in [2.75, 3.05) is 5.32 Å². The fourth-order valence-electron chi connectivity index (χ4n) is 2.88. The molecule has 30 heavy (non-hydrogen) atoms. The van der Waals surface area contributed by atoms with Crippen LogP contribution in [0.4, 0.5) is 5.69 Å². The second-order valence-electron chi connectivity index (χ2n) is 7.12. The minimum absolute atomic E-state index is 0.0190. The van der Waals surface area contributed by atoms with E-state index in [9.17, 15) is 9.59 Å². The second-order valence-corrected chi connectivity index (χ2v) is 9.60. The van der Waals surface area contributed by atoms with Crippen molar-refractivity contribution in [3.8, 4) is 0 Å². The summed E-state index contributed by atoms with van der Waals surface area (Å²) in [6.07, 6.45) is 1.64.